The van der Waals surface area contributed by atoms with Gasteiger partial charge in [0.25, 0.3) is 0 Å². The Kier molecular flexibility index (Phi) is 2.49. The van der Waals surface area contributed by atoms with E-state index in [0.29, 0.717) is 0 Å². The van der Waals surface area contributed by atoms with Crippen molar-refractivity contribution in [2.75, 3.05) is 13.2 Å². The molecule has 0 bridgehead atoms. The van der Waals surface area contributed by atoms with Crippen molar-refractivity contribution in [1.82, 2.24) is 5.32 Å². The molecule has 2 nitrogen and oxygen atoms in total. The van der Waals surface area contributed by atoms with Gasteiger partial charge >= 0.3 is 0 Å². The van der Waals surface area contributed by atoms with E-state index < -0.39 is 0 Å². The summed E-state index contributed by atoms with van der Waals surface area (Å²) in [5, 5.41) is 11.7. The van der Waals surface area contributed by atoms with Crippen LogP contribution >= 0.6 is 0 Å². The summed E-state index contributed by atoms with van der Waals surface area (Å²) in [5.41, 5.74) is 0. The Balaban J connectivity index is 1.92. The largest absolute Gasteiger partial charge is 0.395 e. The van der Waals surface area contributed by atoms with Crippen LogP contribution in [-0.4, -0.2) is 24.3 Å². The van der Waals surface area contributed by atoms with Gasteiger partial charge in [-0.2, -0.15) is 0 Å². The molecule has 2 N–H and O–H groups in total. The van der Waals surface area contributed by atoms with Gasteiger partial charge in [-0.05, 0) is 12.3 Å². The third kappa shape index (κ3) is 1.95. The maximum atomic E-state index is 8.44. The van der Waals surface area contributed by atoms with Crippen LogP contribution in [0.4, 0.5) is 0 Å². The van der Waals surface area contributed by atoms with Crippen LogP contribution < -0.4 is 5.32 Å². The van der Waals surface area contributed by atoms with E-state index in [1.165, 1.54) is 12.8 Å². The number of aliphatic hydroxyl groups excluding tert-OH is 1. The Labute approximate surface area is 56.3 Å². The zero-order chi connectivity index (χ0) is 6.69. The Hall–Kier alpha value is -0.0800. The van der Waals surface area contributed by atoms with Crippen molar-refractivity contribution < 1.29 is 5.11 Å². The third-order valence-electron chi connectivity index (χ3n) is 1.97. The molecular formula is C7H15NO. The molecule has 1 aliphatic carbocycles. The highest BCUT2D eigenvalue weighted by Gasteiger charge is 2.33. The van der Waals surface area contributed by atoms with E-state index in [0.717, 1.165) is 18.5 Å². The molecule has 0 aliphatic heterocycles. The van der Waals surface area contributed by atoms with Crippen molar-refractivity contribution in [3.05, 3.63) is 0 Å². The van der Waals surface area contributed by atoms with E-state index in [9.17, 15) is 0 Å². The molecule has 0 radical (unpaired) electrons. The van der Waals surface area contributed by atoms with Crippen LogP contribution in [0.15, 0.2) is 0 Å². The molecule has 0 amide bonds. The molecule has 1 rings (SSSR count). The normalized spacial score (nSPS) is 32.7. The quantitative estimate of drug-likeness (QED) is 0.574. The van der Waals surface area contributed by atoms with E-state index in [1.807, 2.05) is 0 Å². The summed E-state index contributed by atoms with van der Waals surface area (Å²) >= 11 is 0. The fraction of sp³-hybridized carbons (Fsp3) is 1.00. The number of hydrogen-bond acceptors (Lipinski definition) is 2. The van der Waals surface area contributed by atoms with Gasteiger partial charge in [-0.15, -0.1) is 0 Å². The van der Waals surface area contributed by atoms with Crippen LogP contribution in [-0.2, 0) is 0 Å². The highest BCUT2D eigenvalue weighted by atomic mass is 16.3. The summed E-state index contributed by atoms with van der Waals surface area (Å²) in [5.74, 6) is 0.900. The lowest BCUT2D eigenvalue weighted by molar-refractivity contribution is 0.290. The monoisotopic (exact) mass is 129 g/mol. The van der Waals surface area contributed by atoms with Crippen LogP contribution in [0.25, 0.3) is 0 Å². The Bertz CT molecular complexity index is 85.0. The zero-order valence-electron chi connectivity index (χ0n) is 5.93. The Morgan fingerprint density at radius 1 is 1.67 bits per heavy atom. The van der Waals surface area contributed by atoms with Crippen molar-refractivity contribution in [3.8, 4) is 0 Å². The minimum Gasteiger partial charge on any atom is -0.395 e. The van der Waals surface area contributed by atoms with Gasteiger partial charge in [0.1, 0.15) is 0 Å². The molecule has 2 unspecified atom stereocenters. The zero-order valence-corrected chi connectivity index (χ0v) is 5.93. The molecule has 0 heterocycles. The predicted octanol–water partition coefficient (Wildman–Crippen LogP) is 0.367. The van der Waals surface area contributed by atoms with E-state index in [2.05, 4.69) is 12.2 Å². The van der Waals surface area contributed by atoms with Crippen LogP contribution in [0.5, 0.6) is 0 Å². The van der Waals surface area contributed by atoms with E-state index in [1.54, 1.807) is 0 Å². The van der Waals surface area contributed by atoms with Crippen molar-refractivity contribution in [3.63, 3.8) is 0 Å². The molecule has 1 saturated carbocycles. The number of rotatable bonds is 4. The maximum absolute atomic E-state index is 8.44. The maximum Gasteiger partial charge on any atom is 0.0556 e. The molecule has 9 heavy (non-hydrogen) atoms. The van der Waals surface area contributed by atoms with Gasteiger partial charge < -0.3 is 10.4 Å². The lowest BCUT2D eigenvalue weighted by Gasteiger charge is -1.97. The molecule has 0 spiro atoms. The summed E-state index contributed by atoms with van der Waals surface area (Å²) in [6.07, 6.45) is 2.60. The average Bonchev–Trinajstić information content (AvgIpc) is 2.62. The van der Waals surface area contributed by atoms with Crippen LogP contribution in [0.3, 0.4) is 0 Å². The summed E-state index contributed by atoms with van der Waals surface area (Å²) in [4.78, 5) is 0. The predicted molar refractivity (Wildman–Crippen MR) is 37.3 cm³/mol. The number of hydrogen-bond donors (Lipinski definition) is 2. The van der Waals surface area contributed by atoms with Gasteiger partial charge in [0, 0.05) is 12.6 Å². The lowest BCUT2D eigenvalue weighted by atomic mass is 10.3. The second-order valence-electron chi connectivity index (χ2n) is 2.69. The van der Waals surface area contributed by atoms with Gasteiger partial charge in [0.2, 0.25) is 0 Å². The highest BCUT2D eigenvalue weighted by Crippen LogP contribution is 2.32. The van der Waals surface area contributed by atoms with Gasteiger partial charge in [-0.3, -0.25) is 0 Å². The SMILES string of the molecule is CCC1CC1NCCO. The first-order valence-electron chi connectivity index (χ1n) is 3.72. The summed E-state index contributed by atoms with van der Waals surface area (Å²) < 4.78 is 0. The molecule has 0 aromatic heterocycles. The van der Waals surface area contributed by atoms with Gasteiger partial charge in [0.05, 0.1) is 6.61 Å². The summed E-state index contributed by atoms with van der Waals surface area (Å²) in [7, 11) is 0. The molecule has 2 atom stereocenters. The molecule has 1 fully saturated rings. The first-order chi connectivity index (χ1) is 4.38. The van der Waals surface area contributed by atoms with Gasteiger partial charge in [0.15, 0.2) is 0 Å². The number of nitrogens with one attached hydrogen (secondary N) is 1. The lowest BCUT2D eigenvalue weighted by Crippen LogP contribution is -2.21. The Morgan fingerprint density at radius 3 is 2.89 bits per heavy atom. The second kappa shape index (κ2) is 3.18. The van der Waals surface area contributed by atoms with Crippen LogP contribution in [0.2, 0.25) is 0 Å². The van der Waals surface area contributed by atoms with E-state index in [-0.39, 0.29) is 6.61 Å². The van der Waals surface area contributed by atoms with Crippen molar-refractivity contribution in [2.45, 2.75) is 25.8 Å². The smallest absolute Gasteiger partial charge is 0.0556 e. The minimum atomic E-state index is 0.271. The summed E-state index contributed by atoms with van der Waals surface area (Å²) in [6.45, 7) is 3.25. The van der Waals surface area contributed by atoms with Crippen LogP contribution in [0, 0.1) is 5.92 Å². The fourth-order valence-electron chi connectivity index (χ4n) is 1.20. The molecule has 54 valence electrons. The fourth-order valence-corrected chi connectivity index (χ4v) is 1.20. The molecule has 1 aliphatic rings. The van der Waals surface area contributed by atoms with Crippen molar-refractivity contribution in [1.29, 1.82) is 0 Å². The molecule has 0 saturated heterocycles. The van der Waals surface area contributed by atoms with Crippen LogP contribution in [0.1, 0.15) is 19.8 Å². The third-order valence-corrected chi connectivity index (χ3v) is 1.97. The molecular weight excluding hydrogens is 114 g/mol. The first-order valence-corrected chi connectivity index (χ1v) is 3.72. The highest BCUT2D eigenvalue weighted by molar-refractivity contribution is 4.91. The topological polar surface area (TPSA) is 32.3 Å². The van der Waals surface area contributed by atoms with Crippen molar-refractivity contribution >= 4 is 0 Å². The second-order valence-corrected chi connectivity index (χ2v) is 2.69. The average molecular weight is 129 g/mol. The molecule has 0 aromatic carbocycles. The Morgan fingerprint density at radius 2 is 2.44 bits per heavy atom. The van der Waals surface area contributed by atoms with Gasteiger partial charge in [-0.25, -0.2) is 0 Å². The summed E-state index contributed by atoms with van der Waals surface area (Å²) in [6, 6.07) is 0.724. The van der Waals surface area contributed by atoms with E-state index >= 15 is 0 Å². The van der Waals surface area contributed by atoms with Crippen molar-refractivity contribution in [2.24, 2.45) is 5.92 Å². The number of aliphatic hydroxyl groups is 1. The molecule has 2 heteroatoms. The van der Waals surface area contributed by atoms with Gasteiger partial charge in [-0.1, -0.05) is 13.3 Å². The minimum absolute atomic E-state index is 0.271. The van der Waals surface area contributed by atoms with E-state index in [4.69, 9.17) is 5.11 Å². The first kappa shape index (κ1) is 7.03. The standard InChI is InChI=1S/C7H15NO/c1-2-6-5-7(6)8-3-4-9/h6-9H,2-5H2,1H3. The molecule has 0 aromatic rings.